The predicted octanol–water partition coefficient (Wildman–Crippen LogP) is 14.8. The van der Waals surface area contributed by atoms with Crippen LogP contribution in [-0.2, 0) is 62.4 Å². The van der Waals surface area contributed by atoms with Gasteiger partial charge in [-0.2, -0.15) is 132 Å². The Morgan fingerprint density at radius 1 is 0.372 bits per heavy atom. The molecular formula is C51H30BF24NO. The molecule has 0 fully saturated rings. The average Bonchev–Trinajstić information content (AvgIpc) is 3.46. The normalized spacial score (nSPS) is 13.3. The van der Waals surface area contributed by atoms with E-state index in [9.17, 15) is 110 Å². The van der Waals surface area contributed by atoms with Crippen LogP contribution >= 0.6 is 0 Å². The van der Waals surface area contributed by atoms with Gasteiger partial charge in [-0.15, -0.1) is 0 Å². The van der Waals surface area contributed by atoms with Gasteiger partial charge in [-0.05, 0) is 48.4 Å². The summed E-state index contributed by atoms with van der Waals surface area (Å²) < 4.78 is 343. The molecule has 6 aromatic carbocycles. The van der Waals surface area contributed by atoms with Crippen molar-refractivity contribution in [1.29, 1.82) is 0 Å². The second-order valence-corrected chi connectivity index (χ2v) is 17.4. The molecule has 0 atom stereocenters. The molecule has 0 radical (unpaired) electrons. The molecule has 1 heterocycles. The number of carbonyl (C=O) groups is 1. The lowest BCUT2D eigenvalue weighted by atomic mass is 9.12. The number of alkyl halides is 24. The number of hydrogen-bond acceptors (Lipinski definition) is 1. The van der Waals surface area contributed by atoms with Crippen molar-refractivity contribution in [3.05, 3.63) is 195 Å². The van der Waals surface area contributed by atoms with E-state index >= 15 is 0 Å². The van der Waals surface area contributed by atoms with E-state index in [0.717, 1.165) is 22.9 Å². The first-order chi connectivity index (χ1) is 35.5. The topological polar surface area (TPSA) is 20.9 Å². The minimum Gasteiger partial charge on any atom is -0.287 e. The number of aromatic nitrogens is 1. The smallest absolute Gasteiger partial charge is 0.287 e. The number of carbonyl (C=O) groups excluding carboxylic acids is 1. The van der Waals surface area contributed by atoms with Crippen LogP contribution in [0.25, 0.3) is 10.9 Å². The molecule has 7 rings (SSSR count). The van der Waals surface area contributed by atoms with Gasteiger partial charge >= 0.3 is 49.4 Å². The number of rotatable bonds is 8. The molecule has 7 aromatic rings. The lowest BCUT2D eigenvalue weighted by molar-refractivity contribution is -0.657. The van der Waals surface area contributed by atoms with Gasteiger partial charge in [0.15, 0.2) is 6.20 Å². The molecule has 2 nitrogen and oxygen atoms in total. The van der Waals surface area contributed by atoms with Gasteiger partial charge in [0.05, 0.1) is 44.5 Å². The van der Waals surface area contributed by atoms with E-state index in [-0.39, 0.29) is 5.78 Å². The maximum absolute atomic E-state index is 14.2. The van der Waals surface area contributed by atoms with E-state index in [2.05, 4.69) is 19.1 Å². The fourth-order valence-electron chi connectivity index (χ4n) is 8.60. The molecule has 78 heavy (non-hydrogen) atoms. The Labute approximate surface area is 423 Å². The number of aryl methyl sites for hydroxylation is 1. The first-order valence-corrected chi connectivity index (χ1v) is 21.9. The van der Waals surface area contributed by atoms with Crippen molar-refractivity contribution < 1.29 is 115 Å². The molecule has 0 N–H and O–H groups in total. The van der Waals surface area contributed by atoms with Crippen molar-refractivity contribution in [2.45, 2.75) is 69.3 Å². The van der Waals surface area contributed by atoms with Crippen LogP contribution in [0.3, 0.4) is 0 Å². The van der Waals surface area contributed by atoms with E-state index in [4.69, 9.17) is 0 Å². The number of pyridine rings is 1. The number of hydrogen-bond donors (Lipinski definition) is 0. The Morgan fingerprint density at radius 2 is 0.641 bits per heavy atom. The molecule has 416 valence electrons. The van der Waals surface area contributed by atoms with Crippen LogP contribution in [-0.4, -0.2) is 11.9 Å². The second-order valence-electron chi connectivity index (χ2n) is 17.4. The summed E-state index contributed by atoms with van der Waals surface area (Å²) in [6, 6.07) is 11.3. The van der Waals surface area contributed by atoms with E-state index < -0.39 is 195 Å². The van der Waals surface area contributed by atoms with Crippen LogP contribution < -0.4 is 26.4 Å². The molecule has 0 aliphatic carbocycles. The second kappa shape index (κ2) is 20.9. The fraction of sp³-hybridized carbons (Fsp3) is 0.216. The third kappa shape index (κ3) is 13.4. The minimum absolute atomic E-state index is 0.138. The number of ketones is 1. The van der Waals surface area contributed by atoms with Crippen LogP contribution in [0.15, 0.2) is 140 Å². The Bertz CT molecular complexity index is 2880. The predicted molar refractivity (Wildman–Crippen MR) is 234 cm³/mol. The van der Waals surface area contributed by atoms with Crippen molar-refractivity contribution >= 4 is 44.7 Å². The molecule has 0 saturated carbocycles. The fourth-order valence-corrected chi connectivity index (χ4v) is 8.60. The van der Waals surface area contributed by atoms with Crippen LogP contribution in [0.2, 0.25) is 0 Å². The van der Waals surface area contributed by atoms with Gasteiger partial charge in [0, 0.05) is 23.1 Å². The quantitative estimate of drug-likeness (QED) is 0.0643. The minimum atomic E-state index is -6.13. The standard InChI is InChI=1S/C32H12BF24.C19H18NO/c34-25(35,36)13-1-14(26(37,38)39)6-21(5-13)33(22-7-15(27(40,41)42)2-16(8-22)28(43,44)45,23-9-17(29(46,47)48)3-18(10-23)30(49,50)51)24-11-19(31(52,53)54)4-20(12-24)32(55,56)57;1-2-15-9-11-17(12-10-15)19(21)14-20-13-5-7-16-6-3-4-8-18(16)20/h1-12H;3-13H,2,14H2,1H3/q-1;+1. The summed E-state index contributed by atoms with van der Waals surface area (Å²) in [7, 11) is 0. The zero-order valence-electron chi connectivity index (χ0n) is 38.7. The van der Waals surface area contributed by atoms with Crippen molar-refractivity contribution in [1.82, 2.24) is 0 Å². The number of Topliss-reactive ketones (excluding diaryl/α,β-unsaturated/α-hetero) is 1. The lowest BCUT2D eigenvalue weighted by Gasteiger charge is -2.46. The highest BCUT2D eigenvalue weighted by molar-refractivity contribution is 7.20. The maximum Gasteiger partial charge on any atom is 0.416 e. The zero-order chi connectivity index (χ0) is 58.6. The van der Waals surface area contributed by atoms with Crippen molar-refractivity contribution in [2.24, 2.45) is 0 Å². The summed E-state index contributed by atoms with van der Waals surface area (Å²) >= 11 is 0. The van der Waals surface area contributed by atoms with E-state index in [1.54, 1.807) is 0 Å². The number of para-hydroxylation sites is 1. The summed E-state index contributed by atoms with van der Waals surface area (Å²) in [6.07, 6.45) is -51.9. The summed E-state index contributed by atoms with van der Waals surface area (Å²) in [5, 5.41) is 1.15. The Hall–Kier alpha value is -7.22. The van der Waals surface area contributed by atoms with Gasteiger partial charge in [-0.3, -0.25) is 4.79 Å². The number of benzene rings is 6. The van der Waals surface area contributed by atoms with Crippen LogP contribution in [0.4, 0.5) is 105 Å². The Morgan fingerprint density at radius 3 is 0.910 bits per heavy atom. The monoisotopic (exact) mass is 1140 g/mol. The van der Waals surface area contributed by atoms with Gasteiger partial charge in [0.1, 0.15) is 6.15 Å². The molecule has 0 spiro atoms. The Kier molecular flexibility index (Phi) is 16.1. The van der Waals surface area contributed by atoms with E-state index in [0.29, 0.717) is 6.54 Å². The molecular weight excluding hydrogens is 1110 g/mol. The van der Waals surface area contributed by atoms with Crippen LogP contribution in [0.1, 0.15) is 67.4 Å². The molecule has 0 aliphatic heterocycles. The highest BCUT2D eigenvalue weighted by Crippen LogP contribution is 2.41. The van der Waals surface area contributed by atoms with Crippen LogP contribution in [0, 0.1) is 0 Å². The zero-order valence-corrected chi connectivity index (χ0v) is 38.7. The SMILES string of the molecule is CCc1ccc(C(=O)C[n+]2cccc3ccccc32)cc1.FC(F)(F)c1cc([B-](c2cc(C(F)(F)F)cc(C(F)(F)F)c2)(c2cc(C(F)(F)F)cc(C(F)(F)F)c2)c2cc(C(F)(F)F)cc(C(F)(F)F)c2)cc(C(F)(F)F)c1. The number of halogens is 24. The van der Waals surface area contributed by atoms with Gasteiger partial charge in [-0.1, -0.05) is 91.9 Å². The highest BCUT2D eigenvalue weighted by Gasteiger charge is 2.47. The van der Waals surface area contributed by atoms with Crippen molar-refractivity contribution in [3.8, 4) is 0 Å². The van der Waals surface area contributed by atoms with E-state index in [1.165, 1.54) is 5.56 Å². The molecule has 0 bridgehead atoms. The summed E-state index contributed by atoms with van der Waals surface area (Å²) in [5.74, 6) is 0.138. The number of fused-ring (bicyclic) bond motifs is 1. The molecule has 0 unspecified atom stereocenters. The molecule has 27 heteroatoms. The molecule has 0 saturated heterocycles. The van der Waals surface area contributed by atoms with Crippen LogP contribution in [0.5, 0.6) is 0 Å². The average molecular weight is 1140 g/mol. The summed E-state index contributed by atoms with van der Waals surface area (Å²) in [5.41, 5.74) is -27.1. The highest BCUT2D eigenvalue weighted by atomic mass is 19.4. The first kappa shape index (κ1) is 60.0. The molecule has 0 amide bonds. The Balaban J connectivity index is 0.000000387. The van der Waals surface area contributed by atoms with Gasteiger partial charge in [-0.25, -0.2) is 0 Å². The number of nitrogens with zero attached hydrogens (tertiary/aromatic N) is 1. The summed E-state index contributed by atoms with van der Waals surface area (Å²) in [6.45, 7) is 2.48. The third-order valence-electron chi connectivity index (χ3n) is 12.2. The largest absolute Gasteiger partial charge is 0.416 e. The lowest BCUT2D eigenvalue weighted by Crippen LogP contribution is -2.75. The van der Waals surface area contributed by atoms with Gasteiger partial charge in [0.2, 0.25) is 17.8 Å². The molecule has 1 aromatic heterocycles. The van der Waals surface area contributed by atoms with Crippen molar-refractivity contribution in [3.63, 3.8) is 0 Å². The molecule has 0 aliphatic rings. The summed E-state index contributed by atoms with van der Waals surface area (Å²) in [4.78, 5) is 12.4. The third-order valence-corrected chi connectivity index (χ3v) is 12.2. The van der Waals surface area contributed by atoms with Gasteiger partial charge in [0.25, 0.3) is 0 Å². The van der Waals surface area contributed by atoms with Gasteiger partial charge < -0.3 is 0 Å². The first-order valence-electron chi connectivity index (χ1n) is 21.9. The van der Waals surface area contributed by atoms with E-state index in [1.807, 2.05) is 59.3 Å². The van der Waals surface area contributed by atoms with Crippen molar-refractivity contribution in [2.75, 3.05) is 0 Å². The maximum atomic E-state index is 14.2.